The third-order valence-electron chi connectivity index (χ3n) is 9.74. The van der Waals surface area contributed by atoms with Gasteiger partial charge >= 0.3 is 0 Å². The molecule has 3 aliphatic rings. The Hall–Kier alpha value is -4.54. The number of piperazine rings is 1. The largest absolute Gasteiger partial charge is 0.368 e. The van der Waals surface area contributed by atoms with Gasteiger partial charge in [0.1, 0.15) is 5.54 Å². The van der Waals surface area contributed by atoms with Crippen LogP contribution >= 0.6 is 0 Å². The highest BCUT2D eigenvalue weighted by molar-refractivity contribution is 7.90. The Morgan fingerprint density at radius 2 is 1.85 bits per heavy atom. The second-order valence-corrected chi connectivity index (χ2v) is 14.8. The van der Waals surface area contributed by atoms with Gasteiger partial charge < -0.3 is 15.1 Å². The number of anilines is 3. The molecule has 12 nitrogen and oxygen atoms in total. The monoisotopic (exact) mass is 653 g/mol. The van der Waals surface area contributed by atoms with Crippen LogP contribution in [-0.4, -0.2) is 75.9 Å². The first-order valence-electron chi connectivity index (χ1n) is 16.3. The van der Waals surface area contributed by atoms with Crippen molar-refractivity contribution in [2.24, 2.45) is 5.92 Å². The number of benzene rings is 2. The summed E-state index contributed by atoms with van der Waals surface area (Å²) in [6.07, 6.45) is 7.92. The summed E-state index contributed by atoms with van der Waals surface area (Å²) in [5, 5.41) is 18.9. The maximum atomic E-state index is 13.0. The van der Waals surface area contributed by atoms with Gasteiger partial charge in [-0.2, -0.15) is 15.1 Å². The number of hydrogen-bond donors (Lipinski definition) is 2. The van der Waals surface area contributed by atoms with E-state index < -0.39 is 20.8 Å². The van der Waals surface area contributed by atoms with Crippen LogP contribution < -0.4 is 14.9 Å². The average molecular weight is 654 g/mol. The average Bonchev–Trinajstić information content (AvgIpc) is 3.80. The number of nitriles is 1. The van der Waals surface area contributed by atoms with E-state index in [1.807, 2.05) is 47.5 Å². The molecule has 3 heterocycles. The smallest absolute Gasteiger partial charge is 0.227 e. The van der Waals surface area contributed by atoms with Crippen LogP contribution in [0.3, 0.4) is 0 Å². The normalized spacial score (nSPS) is 18.4. The van der Waals surface area contributed by atoms with Gasteiger partial charge in [0.25, 0.3) is 0 Å². The van der Waals surface area contributed by atoms with Crippen LogP contribution in [0, 0.1) is 17.2 Å². The number of amides is 1. The second kappa shape index (κ2) is 12.6. The Kier molecular flexibility index (Phi) is 8.32. The third-order valence-corrected chi connectivity index (χ3v) is 11.7. The molecule has 2 aromatic heterocycles. The highest BCUT2D eigenvalue weighted by atomic mass is 32.2. The Morgan fingerprint density at radius 3 is 2.55 bits per heavy atom. The minimum atomic E-state index is -3.54. The molecule has 7 rings (SSSR count). The number of aromatic nitrogens is 4. The lowest BCUT2D eigenvalue weighted by Gasteiger charge is -2.35. The fourth-order valence-electron chi connectivity index (χ4n) is 6.54. The lowest BCUT2D eigenvalue weighted by Crippen LogP contribution is -2.53. The predicted molar refractivity (Wildman–Crippen MR) is 180 cm³/mol. The van der Waals surface area contributed by atoms with Crippen molar-refractivity contribution in [1.29, 1.82) is 5.26 Å². The standard InChI is InChI=1S/C34H39N9O3S/c1-24(44)41-17-19-42(20-18-41)28-7-3-6-27(21-28)37-33-36-22-25-5-2-10-30(32(25)38-33)31-13-15-43(39-31)16-14-34(23-35,26-11-12-26)40-47(45,46)29-8-4-9-29/h2-3,5-7,10,13,15,21-22,26,29,40H,4,8-9,11-12,14,16-20H2,1H3,(H,36,37,38). The molecular formula is C34H39N9O3S. The molecule has 2 N–H and O–H groups in total. The van der Waals surface area contributed by atoms with E-state index in [-0.39, 0.29) is 11.8 Å². The van der Waals surface area contributed by atoms with Gasteiger partial charge in [-0.15, -0.1) is 0 Å². The zero-order valence-corrected chi connectivity index (χ0v) is 27.3. The first-order valence-corrected chi connectivity index (χ1v) is 17.9. The number of nitrogens with one attached hydrogen (secondary N) is 2. The molecule has 2 aromatic carbocycles. The molecule has 1 unspecified atom stereocenters. The summed E-state index contributed by atoms with van der Waals surface area (Å²) in [5.41, 5.74) is 3.16. The van der Waals surface area contributed by atoms with E-state index in [9.17, 15) is 18.5 Å². The van der Waals surface area contributed by atoms with Gasteiger partial charge in [0, 0.05) is 74.4 Å². The zero-order chi connectivity index (χ0) is 32.6. The van der Waals surface area contributed by atoms with Crippen molar-refractivity contribution in [3.63, 3.8) is 0 Å². The third kappa shape index (κ3) is 6.53. The van der Waals surface area contributed by atoms with Crippen LogP contribution in [0.1, 0.15) is 45.4 Å². The van der Waals surface area contributed by atoms with Crippen molar-refractivity contribution >= 4 is 44.2 Å². The number of carbonyl (C=O) groups excluding carboxylic acids is 1. The molecule has 0 spiro atoms. The Balaban J connectivity index is 1.07. The van der Waals surface area contributed by atoms with Crippen molar-refractivity contribution in [1.82, 2.24) is 29.4 Å². The number of hydrogen-bond acceptors (Lipinski definition) is 9. The summed E-state index contributed by atoms with van der Waals surface area (Å²) in [6, 6.07) is 18.3. The number of sulfonamides is 1. The van der Waals surface area contributed by atoms with Gasteiger partial charge in [-0.05, 0) is 62.3 Å². The quantitative estimate of drug-likeness (QED) is 0.240. The fourth-order valence-corrected chi connectivity index (χ4v) is 8.48. The van der Waals surface area contributed by atoms with E-state index in [1.165, 1.54) is 0 Å². The van der Waals surface area contributed by atoms with Gasteiger partial charge in [-0.1, -0.05) is 30.7 Å². The summed E-state index contributed by atoms with van der Waals surface area (Å²) in [4.78, 5) is 25.3. The van der Waals surface area contributed by atoms with Crippen molar-refractivity contribution in [3.8, 4) is 17.3 Å². The molecule has 3 fully saturated rings. The van der Waals surface area contributed by atoms with E-state index in [0.717, 1.165) is 65.9 Å². The molecule has 2 saturated carbocycles. The van der Waals surface area contributed by atoms with Crippen molar-refractivity contribution in [2.45, 2.75) is 62.8 Å². The molecule has 0 radical (unpaired) electrons. The molecule has 244 valence electrons. The van der Waals surface area contributed by atoms with Gasteiger partial charge in [-0.25, -0.2) is 18.4 Å². The first kappa shape index (κ1) is 31.1. The van der Waals surface area contributed by atoms with Crippen LogP contribution in [0.4, 0.5) is 17.3 Å². The molecular weight excluding hydrogens is 615 g/mol. The molecule has 1 atom stereocenters. The summed E-state index contributed by atoms with van der Waals surface area (Å²) >= 11 is 0. The number of nitrogens with zero attached hydrogens (tertiary/aromatic N) is 7. The van der Waals surface area contributed by atoms with Crippen LogP contribution in [0.2, 0.25) is 0 Å². The molecule has 47 heavy (non-hydrogen) atoms. The van der Waals surface area contributed by atoms with Crippen molar-refractivity contribution < 1.29 is 13.2 Å². The van der Waals surface area contributed by atoms with E-state index >= 15 is 0 Å². The number of carbonyl (C=O) groups is 1. The molecule has 2 aliphatic carbocycles. The van der Waals surface area contributed by atoms with Gasteiger partial charge in [0.05, 0.1) is 22.5 Å². The zero-order valence-electron chi connectivity index (χ0n) is 26.5. The molecule has 1 amide bonds. The number of aryl methyl sites for hydroxylation is 1. The highest BCUT2D eigenvalue weighted by Gasteiger charge is 2.49. The highest BCUT2D eigenvalue weighted by Crippen LogP contribution is 2.43. The van der Waals surface area contributed by atoms with Gasteiger partial charge in [0.15, 0.2) is 0 Å². The summed E-state index contributed by atoms with van der Waals surface area (Å²) in [5.74, 6) is 0.597. The van der Waals surface area contributed by atoms with Gasteiger partial charge in [0.2, 0.25) is 21.9 Å². The Labute approximate surface area is 274 Å². The molecule has 0 bridgehead atoms. The Bertz CT molecular complexity index is 1940. The molecule has 1 aliphatic heterocycles. The van der Waals surface area contributed by atoms with Crippen molar-refractivity contribution in [2.75, 3.05) is 36.4 Å². The van der Waals surface area contributed by atoms with Crippen molar-refractivity contribution in [3.05, 3.63) is 60.9 Å². The summed E-state index contributed by atoms with van der Waals surface area (Å²) in [7, 11) is -3.54. The maximum absolute atomic E-state index is 13.0. The molecule has 1 saturated heterocycles. The number of rotatable bonds is 11. The summed E-state index contributed by atoms with van der Waals surface area (Å²) < 4.78 is 30.6. The minimum absolute atomic E-state index is 0.0238. The fraction of sp³-hybridized carbons (Fsp3) is 0.441. The van der Waals surface area contributed by atoms with Crippen LogP contribution in [0.5, 0.6) is 0 Å². The number of fused-ring (bicyclic) bond motifs is 1. The Morgan fingerprint density at radius 1 is 1.06 bits per heavy atom. The van der Waals surface area contributed by atoms with Crippen LogP contribution in [-0.2, 0) is 21.4 Å². The van der Waals surface area contributed by atoms with E-state index in [0.29, 0.717) is 44.8 Å². The minimum Gasteiger partial charge on any atom is -0.368 e. The summed E-state index contributed by atoms with van der Waals surface area (Å²) in [6.45, 7) is 4.99. The number of para-hydroxylation sites is 1. The lowest BCUT2D eigenvalue weighted by atomic mass is 9.92. The van der Waals surface area contributed by atoms with E-state index in [2.05, 4.69) is 38.1 Å². The van der Waals surface area contributed by atoms with E-state index in [4.69, 9.17) is 10.1 Å². The second-order valence-electron chi connectivity index (χ2n) is 12.9. The van der Waals surface area contributed by atoms with Crippen LogP contribution in [0.15, 0.2) is 60.9 Å². The van der Waals surface area contributed by atoms with Gasteiger partial charge in [-0.3, -0.25) is 9.48 Å². The SMILES string of the molecule is CC(=O)N1CCN(c2cccc(Nc3ncc4cccc(-c5ccn(CCC(C#N)(NS(=O)(=O)C6CCC6)C6CC6)n5)c4n3)c2)CC1. The molecule has 4 aromatic rings. The predicted octanol–water partition coefficient (Wildman–Crippen LogP) is 4.44. The maximum Gasteiger partial charge on any atom is 0.227 e. The van der Waals surface area contributed by atoms with E-state index in [1.54, 1.807) is 17.8 Å². The lowest BCUT2D eigenvalue weighted by molar-refractivity contribution is -0.129. The molecule has 13 heteroatoms. The topological polar surface area (TPSA) is 149 Å². The first-order chi connectivity index (χ1) is 22.7. The van der Waals surface area contributed by atoms with Crippen LogP contribution in [0.25, 0.3) is 22.2 Å².